The van der Waals surface area contributed by atoms with E-state index in [1.54, 1.807) is 24.3 Å². The number of halogens is 2. The smallest absolute Gasteiger partial charge is 0.159 e. The van der Waals surface area contributed by atoms with Crippen molar-refractivity contribution < 1.29 is 22.3 Å². The highest BCUT2D eigenvalue weighted by atomic mass is 35.5. The van der Waals surface area contributed by atoms with Crippen LogP contribution < -0.4 is 10.1 Å². The highest BCUT2D eigenvalue weighted by Crippen LogP contribution is 2.33. The van der Waals surface area contributed by atoms with Gasteiger partial charge in [0.15, 0.2) is 15.6 Å². The molecule has 0 saturated carbocycles. The number of aromatic nitrogens is 2. The summed E-state index contributed by atoms with van der Waals surface area (Å²) in [7, 11) is -1.43. The molecule has 11 heteroatoms. The molecule has 2 aromatic carbocycles. The molecule has 2 aliphatic heterocycles. The number of sulfone groups is 1. The highest BCUT2D eigenvalue weighted by Gasteiger charge is 2.44. The number of hydrogen-bond donors (Lipinski definition) is 1. The summed E-state index contributed by atoms with van der Waals surface area (Å²) in [5.41, 5.74) is 1.84. The second kappa shape index (κ2) is 10.4. The number of carbonyl (C=O) groups is 1. The fraction of sp³-hybridized carbons (Fsp3) is 0.346. The summed E-state index contributed by atoms with van der Waals surface area (Å²) >= 11 is 5.90. The number of nitrogens with zero attached hydrogens (tertiary/aromatic N) is 3. The van der Waals surface area contributed by atoms with Crippen LogP contribution in [0.15, 0.2) is 48.8 Å². The first-order chi connectivity index (χ1) is 17.7. The molecule has 2 unspecified atom stereocenters. The van der Waals surface area contributed by atoms with Gasteiger partial charge >= 0.3 is 0 Å². The number of methoxy groups -OCH3 is 1. The third-order valence-corrected chi connectivity index (χ3v) is 9.00. The zero-order chi connectivity index (χ0) is 26.2. The van der Waals surface area contributed by atoms with Crippen LogP contribution in [0.2, 0.25) is 5.02 Å². The Balaban J connectivity index is 1.32. The molecule has 3 aromatic rings. The molecule has 1 N–H and O–H groups in total. The summed E-state index contributed by atoms with van der Waals surface area (Å²) in [4.78, 5) is 23.6. The second-order valence-corrected chi connectivity index (χ2v) is 12.0. The zero-order valence-corrected chi connectivity index (χ0v) is 21.7. The van der Waals surface area contributed by atoms with E-state index in [1.807, 2.05) is 6.07 Å². The molecule has 0 spiro atoms. The SMILES string of the molecule is COc1cc2ncnc(Nc3ccc(F)c(Cl)c3)c2cc1CC(=O)/C=C/CN1CCC2CS(=O)(=O)CC21. The van der Waals surface area contributed by atoms with Crippen molar-refractivity contribution in [2.45, 2.75) is 18.9 Å². The Morgan fingerprint density at radius 3 is 2.89 bits per heavy atom. The molecule has 37 heavy (non-hydrogen) atoms. The van der Waals surface area contributed by atoms with Crippen molar-refractivity contribution in [2.24, 2.45) is 5.92 Å². The van der Waals surface area contributed by atoms with Gasteiger partial charge in [0.25, 0.3) is 0 Å². The average Bonchev–Trinajstić information content (AvgIpc) is 3.36. The summed E-state index contributed by atoms with van der Waals surface area (Å²) in [6.45, 7) is 1.39. The third-order valence-electron chi connectivity index (χ3n) is 6.92. The number of fused-ring (bicyclic) bond motifs is 2. The lowest BCUT2D eigenvalue weighted by Crippen LogP contribution is -2.33. The summed E-state index contributed by atoms with van der Waals surface area (Å²) in [5, 5.41) is 3.79. The fourth-order valence-electron chi connectivity index (χ4n) is 5.14. The number of ketones is 1. The third kappa shape index (κ3) is 5.61. The van der Waals surface area contributed by atoms with E-state index in [9.17, 15) is 17.6 Å². The van der Waals surface area contributed by atoms with Crippen LogP contribution in [0, 0.1) is 11.7 Å². The number of likely N-dealkylation sites (tertiary alicyclic amines) is 1. The quantitative estimate of drug-likeness (QED) is 0.425. The van der Waals surface area contributed by atoms with Gasteiger partial charge < -0.3 is 10.1 Å². The summed E-state index contributed by atoms with van der Waals surface area (Å²) in [6.07, 6.45) is 5.73. The molecule has 2 fully saturated rings. The van der Waals surface area contributed by atoms with Gasteiger partial charge in [-0.3, -0.25) is 9.69 Å². The average molecular weight is 545 g/mol. The van der Waals surface area contributed by atoms with Crippen LogP contribution in [0.25, 0.3) is 10.9 Å². The first-order valence-electron chi connectivity index (χ1n) is 11.9. The molecule has 0 aliphatic carbocycles. The summed E-state index contributed by atoms with van der Waals surface area (Å²) in [6, 6.07) is 7.89. The van der Waals surface area contributed by atoms with E-state index in [2.05, 4.69) is 20.2 Å². The second-order valence-electron chi connectivity index (χ2n) is 9.39. The van der Waals surface area contributed by atoms with Crippen LogP contribution in [0.4, 0.5) is 15.9 Å². The van der Waals surface area contributed by atoms with Crippen molar-refractivity contribution in [3.8, 4) is 5.75 Å². The molecule has 2 aliphatic rings. The molecule has 1 aromatic heterocycles. The number of ether oxygens (including phenoxy) is 1. The molecule has 2 saturated heterocycles. The number of anilines is 2. The van der Waals surface area contributed by atoms with E-state index >= 15 is 0 Å². The van der Waals surface area contributed by atoms with Crippen molar-refractivity contribution in [3.05, 3.63) is 65.2 Å². The van der Waals surface area contributed by atoms with Crippen molar-refractivity contribution in [3.63, 3.8) is 0 Å². The summed E-state index contributed by atoms with van der Waals surface area (Å²) < 4.78 is 42.9. The van der Waals surface area contributed by atoms with E-state index in [0.29, 0.717) is 40.3 Å². The minimum Gasteiger partial charge on any atom is -0.496 e. The van der Waals surface area contributed by atoms with Gasteiger partial charge in [-0.25, -0.2) is 22.8 Å². The Labute approximate surface area is 219 Å². The number of rotatable bonds is 8. The van der Waals surface area contributed by atoms with Gasteiger partial charge in [-0.1, -0.05) is 17.7 Å². The van der Waals surface area contributed by atoms with Crippen LogP contribution in [0.5, 0.6) is 5.75 Å². The van der Waals surface area contributed by atoms with E-state index in [4.69, 9.17) is 16.3 Å². The maximum absolute atomic E-state index is 13.5. The first-order valence-corrected chi connectivity index (χ1v) is 14.1. The molecular formula is C26H26ClFN4O4S. The lowest BCUT2D eigenvalue weighted by molar-refractivity contribution is -0.114. The largest absolute Gasteiger partial charge is 0.496 e. The number of hydrogen-bond acceptors (Lipinski definition) is 8. The highest BCUT2D eigenvalue weighted by molar-refractivity contribution is 7.91. The Hall–Kier alpha value is -3.08. The van der Waals surface area contributed by atoms with E-state index in [0.717, 1.165) is 13.0 Å². The van der Waals surface area contributed by atoms with Crippen molar-refractivity contribution in [1.82, 2.24) is 14.9 Å². The maximum atomic E-state index is 13.5. The lowest BCUT2D eigenvalue weighted by Gasteiger charge is -2.20. The van der Waals surface area contributed by atoms with Gasteiger partial charge in [-0.15, -0.1) is 0 Å². The topological polar surface area (TPSA) is 101 Å². The summed E-state index contributed by atoms with van der Waals surface area (Å²) in [5.74, 6) is 1.06. The normalized spacial score (nSPS) is 20.9. The minimum atomic E-state index is -2.96. The number of benzene rings is 2. The molecule has 0 amide bonds. The van der Waals surface area contributed by atoms with Gasteiger partial charge in [0.05, 0.1) is 29.2 Å². The number of allylic oxidation sites excluding steroid dienone is 1. The molecular weight excluding hydrogens is 519 g/mol. The van der Waals surface area contributed by atoms with Crippen molar-refractivity contribution in [1.29, 1.82) is 0 Å². The monoisotopic (exact) mass is 544 g/mol. The number of nitrogens with one attached hydrogen (secondary N) is 1. The fourth-order valence-corrected chi connectivity index (χ4v) is 7.50. The minimum absolute atomic E-state index is 0.0119. The van der Waals surface area contributed by atoms with Crippen molar-refractivity contribution >= 4 is 49.6 Å². The van der Waals surface area contributed by atoms with Crippen LogP contribution in [-0.4, -0.2) is 66.8 Å². The lowest BCUT2D eigenvalue weighted by atomic mass is 10.0. The van der Waals surface area contributed by atoms with Crippen LogP contribution >= 0.6 is 11.6 Å². The van der Waals surface area contributed by atoms with E-state index in [1.165, 1.54) is 25.6 Å². The predicted octanol–water partition coefficient (Wildman–Crippen LogP) is 3.96. The molecule has 3 heterocycles. The zero-order valence-electron chi connectivity index (χ0n) is 20.2. The van der Waals surface area contributed by atoms with Crippen LogP contribution in [0.3, 0.4) is 0 Å². The molecule has 2 atom stereocenters. The standard InChI is InChI=1S/C26H26ClFN4O4S/c1-36-25-12-23-20(26(30-15-29-23)31-18-4-5-22(28)21(27)11-18)10-17(25)9-19(33)3-2-7-32-8-6-16-13-37(34,35)14-24(16)32/h2-5,10-12,15-16,24H,6-9,13-14H2,1H3,(H,29,30,31)/b3-2+. The van der Waals surface area contributed by atoms with Gasteiger partial charge in [-0.05, 0) is 49.2 Å². The van der Waals surface area contributed by atoms with Crippen molar-refractivity contribution in [2.75, 3.05) is 37.0 Å². The first kappa shape index (κ1) is 25.6. The molecule has 194 valence electrons. The molecule has 8 nitrogen and oxygen atoms in total. The molecule has 0 bridgehead atoms. The molecule has 0 radical (unpaired) electrons. The maximum Gasteiger partial charge on any atom is 0.159 e. The van der Waals surface area contributed by atoms with Gasteiger partial charge in [0.1, 0.15) is 23.7 Å². The Bertz CT molecular complexity index is 1500. The Kier molecular flexibility index (Phi) is 7.15. The van der Waals surface area contributed by atoms with Gasteiger partial charge in [0, 0.05) is 41.7 Å². The van der Waals surface area contributed by atoms with Gasteiger partial charge in [0.2, 0.25) is 0 Å². The Morgan fingerprint density at radius 2 is 2.11 bits per heavy atom. The Morgan fingerprint density at radius 1 is 1.27 bits per heavy atom. The predicted molar refractivity (Wildman–Crippen MR) is 141 cm³/mol. The van der Waals surface area contributed by atoms with Crippen LogP contribution in [0.1, 0.15) is 12.0 Å². The number of carbonyl (C=O) groups excluding carboxylic acids is 1. The molecule has 5 rings (SSSR count). The van der Waals surface area contributed by atoms with E-state index in [-0.39, 0.29) is 40.7 Å². The van der Waals surface area contributed by atoms with E-state index < -0.39 is 15.7 Å². The van der Waals surface area contributed by atoms with Crippen LogP contribution in [-0.2, 0) is 21.1 Å². The van der Waals surface area contributed by atoms with Gasteiger partial charge in [-0.2, -0.15) is 0 Å².